The van der Waals surface area contributed by atoms with Gasteiger partial charge in [0.15, 0.2) is 0 Å². The molecule has 2 nitrogen and oxygen atoms in total. The highest BCUT2D eigenvalue weighted by atomic mass is 32.1. The lowest BCUT2D eigenvalue weighted by molar-refractivity contribution is -0.137. The van der Waals surface area contributed by atoms with Crippen LogP contribution in [0.3, 0.4) is 0 Å². The summed E-state index contributed by atoms with van der Waals surface area (Å²) in [6, 6.07) is 6.58. The molecule has 0 fully saturated rings. The number of rotatable bonds is 4. The Labute approximate surface area is 112 Å². The molecule has 2 rings (SSSR count). The van der Waals surface area contributed by atoms with Crippen molar-refractivity contribution in [1.82, 2.24) is 0 Å². The maximum Gasteiger partial charge on any atom is 0.416 e. The van der Waals surface area contributed by atoms with E-state index in [0.717, 1.165) is 17.8 Å². The van der Waals surface area contributed by atoms with Gasteiger partial charge >= 0.3 is 6.18 Å². The molecule has 1 atom stereocenters. The van der Waals surface area contributed by atoms with Crippen LogP contribution >= 0.6 is 11.3 Å². The number of thiophene rings is 1. The fraction of sp³-hybridized carbons (Fsp3) is 0.231. The summed E-state index contributed by atoms with van der Waals surface area (Å²) in [5, 5.41) is 16.6. The standard InChI is InChI=1S/C13H12F3NOS/c14-13(15,16)10-3-1-2-9(6-10)12(18)7-17-11-4-5-19-8-11/h1-6,8,12,17-18H,7H2. The minimum absolute atomic E-state index is 0.165. The molecule has 0 spiro atoms. The van der Waals surface area contributed by atoms with Crippen LogP contribution < -0.4 is 5.32 Å². The Bertz CT molecular complexity index is 525. The maximum absolute atomic E-state index is 12.5. The summed E-state index contributed by atoms with van der Waals surface area (Å²) < 4.78 is 37.6. The smallest absolute Gasteiger partial charge is 0.387 e. The van der Waals surface area contributed by atoms with E-state index in [2.05, 4.69) is 5.32 Å². The molecule has 0 aliphatic rings. The first-order valence-corrected chi connectivity index (χ1v) is 6.52. The van der Waals surface area contributed by atoms with Crippen molar-refractivity contribution in [3.63, 3.8) is 0 Å². The molecule has 1 aromatic heterocycles. The lowest BCUT2D eigenvalue weighted by Crippen LogP contribution is -2.13. The number of aliphatic hydroxyl groups is 1. The molecule has 1 aromatic carbocycles. The van der Waals surface area contributed by atoms with Crippen molar-refractivity contribution in [3.8, 4) is 0 Å². The zero-order valence-electron chi connectivity index (χ0n) is 9.82. The van der Waals surface area contributed by atoms with Crippen LogP contribution in [0.25, 0.3) is 0 Å². The minimum atomic E-state index is -4.39. The van der Waals surface area contributed by atoms with E-state index in [1.54, 1.807) is 0 Å². The van der Waals surface area contributed by atoms with Crippen molar-refractivity contribution in [1.29, 1.82) is 0 Å². The Balaban J connectivity index is 2.04. The van der Waals surface area contributed by atoms with Gasteiger partial charge in [0.1, 0.15) is 0 Å². The molecule has 0 saturated heterocycles. The van der Waals surface area contributed by atoms with E-state index in [1.807, 2.05) is 16.8 Å². The van der Waals surface area contributed by atoms with Gasteiger partial charge in [0.05, 0.1) is 11.7 Å². The first-order chi connectivity index (χ1) is 8.97. The van der Waals surface area contributed by atoms with Crippen molar-refractivity contribution in [3.05, 3.63) is 52.2 Å². The highest BCUT2D eigenvalue weighted by molar-refractivity contribution is 7.08. The first-order valence-electron chi connectivity index (χ1n) is 5.58. The lowest BCUT2D eigenvalue weighted by atomic mass is 10.1. The number of hydrogen-bond donors (Lipinski definition) is 2. The molecule has 6 heteroatoms. The summed E-state index contributed by atoms with van der Waals surface area (Å²) in [5.41, 5.74) is 0.341. The Morgan fingerprint density at radius 1 is 1.26 bits per heavy atom. The van der Waals surface area contributed by atoms with Crippen LogP contribution in [0.4, 0.5) is 18.9 Å². The third-order valence-corrected chi connectivity index (χ3v) is 3.30. The van der Waals surface area contributed by atoms with Gasteiger partial charge in [-0.25, -0.2) is 0 Å². The topological polar surface area (TPSA) is 32.3 Å². The number of halogens is 3. The third kappa shape index (κ3) is 3.71. The zero-order chi connectivity index (χ0) is 13.9. The van der Waals surface area contributed by atoms with E-state index in [1.165, 1.54) is 23.5 Å². The second-order valence-electron chi connectivity index (χ2n) is 4.03. The number of alkyl halides is 3. The number of hydrogen-bond acceptors (Lipinski definition) is 3. The van der Waals surface area contributed by atoms with E-state index in [9.17, 15) is 18.3 Å². The highest BCUT2D eigenvalue weighted by Crippen LogP contribution is 2.30. The van der Waals surface area contributed by atoms with Gasteiger partial charge in [0.2, 0.25) is 0 Å². The van der Waals surface area contributed by atoms with E-state index in [4.69, 9.17) is 0 Å². The molecule has 0 aliphatic carbocycles. The Kier molecular flexibility index (Phi) is 4.11. The van der Waals surface area contributed by atoms with E-state index in [0.29, 0.717) is 0 Å². The Morgan fingerprint density at radius 3 is 2.68 bits per heavy atom. The van der Waals surface area contributed by atoms with Gasteiger partial charge in [0, 0.05) is 17.6 Å². The average Bonchev–Trinajstić information content (AvgIpc) is 2.88. The van der Waals surface area contributed by atoms with Gasteiger partial charge in [-0.1, -0.05) is 12.1 Å². The second kappa shape index (κ2) is 5.63. The molecule has 0 bridgehead atoms. The molecule has 2 aromatic rings. The number of anilines is 1. The molecular formula is C13H12F3NOS. The molecule has 1 unspecified atom stereocenters. The van der Waals surface area contributed by atoms with Crippen molar-refractivity contribution in [2.24, 2.45) is 0 Å². The summed E-state index contributed by atoms with van der Waals surface area (Å²) in [4.78, 5) is 0. The van der Waals surface area contributed by atoms with Gasteiger partial charge in [-0.05, 0) is 29.1 Å². The highest BCUT2D eigenvalue weighted by Gasteiger charge is 2.30. The van der Waals surface area contributed by atoms with E-state index in [-0.39, 0.29) is 12.1 Å². The average molecular weight is 287 g/mol. The Hall–Kier alpha value is -1.53. The summed E-state index contributed by atoms with van der Waals surface area (Å²) in [7, 11) is 0. The predicted octanol–water partition coefficient (Wildman–Crippen LogP) is 3.91. The Morgan fingerprint density at radius 2 is 2.05 bits per heavy atom. The fourth-order valence-electron chi connectivity index (χ4n) is 1.62. The normalized spacial score (nSPS) is 13.3. The van der Waals surface area contributed by atoms with Gasteiger partial charge in [-0.3, -0.25) is 0 Å². The van der Waals surface area contributed by atoms with Crippen LogP contribution in [-0.2, 0) is 6.18 Å². The predicted molar refractivity (Wildman–Crippen MR) is 69.2 cm³/mol. The van der Waals surface area contributed by atoms with E-state index < -0.39 is 17.8 Å². The SMILES string of the molecule is OC(CNc1ccsc1)c1cccc(C(F)(F)F)c1. The largest absolute Gasteiger partial charge is 0.416 e. The summed E-state index contributed by atoms with van der Waals surface area (Å²) >= 11 is 1.50. The third-order valence-electron chi connectivity index (χ3n) is 2.62. The summed E-state index contributed by atoms with van der Waals surface area (Å²) in [6.45, 7) is 0.165. The number of benzene rings is 1. The monoisotopic (exact) mass is 287 g/mol. The van der Waals surface area contributed by atoms with Crippen LogP contribution in [-0.4, -0.2) is 11.7 Å². The van der Waals surface area contributed by atoms with Gasteiger partial charge in [0.25, 0.3) is 0 Å². The minimum Gasteiger partial charge on any atom is -0.387 e. The zero-order valence-corrected chi connectivity index (χ0v) is 10.6. The van der Waals surface area contributed by atoms with Crippen LogP contribution in [0.5, 0.6) is 0 Å². The molecule has 0 radical (unpaired) electrons. The lowest BCUT2D eigenvalue weighted by Gasteiger charge is -2.14. The first kappa shape index (κ1) is 13.9. The van der Waals surface area contributed by atoms with Crippen LogP contribution in [0, 0.1) is 0 Å². The molecule has 2 N–H and O–H groups in total. The van der Waals surface area contributed by atoms with Crippen molar-refractivity contribution in [2.45, 2.75) is 12.3 Å². The number of nitrogens with one attached hydrogen (secondary N) is 1. The molecule has 0 amide bonds. The van der Waals surface area contributed by atoms with Gasteiger partial charge in [-0.2, -0.15) is 24.5 Å². The molecule has 1 heterocycles. The molecule has 19 heavy (non-hydrogen) atoms. The van der Waals surface area contributed by atoms with Crippen LogP contribution in [0.1, 0.15) is 17.2 Å². The molecule has 0 aliphatic heterocycles. The van der Waals surface area contributed by atoms with E-state index >= 15 is 0 Å². The summed E-state index contributed by atoms with van der Waals surface area (Å²) in [6.07, 6.45) is -5.38. The van der Waals surface area contributed by atoms with Crippen LogP contribution in [0.15, 0.2) is 41.1 Å². The molecule has 0 saturated carbocycles. The van der Waals surface area contributed by atoms with Crippen molar-refractivity contribution >= 4 is 17.0 Å². The maximum atomic E-state index is 12.5. The molecule has 102 valence electrons. The van der Waals surface area contributed by atoms with Gasteiger partial charge < -0.3 is 10.4 Å². The van der Waals surface area contributed by atoms with Crippen molar-refractivity contribution < 1.29 is 18.3 Å². The van der Waals surface area contributed by atoms with Gasteiger partial charge in [-0.15, -0.1) is 0 Å². The van der Waals surface area contributed by atoms with Crippen LogP contribution in [0.2, 0.25) is 0 Å². The number of aliphatic hydroxyl groups excluding tert-OH is 1. The molecular weight excluding hydrogens is 275 g/mol. The quantitative estimate of drug-likeness (QED) is 0.893. The van der Waals surface area contributed by atoms with Crippen molar-refractivity contribution in [2.75, 3.05) is 11.9 Å². The fourth-order valence-corrected chi connectivity index (χ4v) is 2.23. The summed E-state index contributed by atoms with van der Waals surface area (Å²) in [5.74, 6) is 0. The second-order valence-corrected chi connectivity index (χ2v) is 4.81.